The largest absolute Gasteiger partial charge is 0.423 e. The Balaban J connectivity index is 1.63. The van der Waals surface area contributed by atoms with E-state index in [2.05, 4.69) is 31.2 Å². The maximum Gasteiger partial charge on any atom is 0.336 e. The fourth-order valence-corrected chi connectivity index (χ4v) is 2.48. The molecule has 0 bridgehead atoms. The first-order valence-corrected chi connectivity index (χ1v) is 8.30. The summed E-state index contributed by atoms with van der Waals surface area (Å²) in [5, 5.41) is 0.661. The van der Waals surface area contributed by atoms with Crippen molar-refractivity contribution in [2.45, 2.75) is 6.92 Å². The molecule has 0 aliphatic heterocycles. The topological polar surface area (TPSA) is 26.3 Å². The van der Waals surface area contributed by atoms with Gasteiger partial charge in [-0.05, 0) is 54.0 Å². The number of esters is 1. The first kappa shape index (κ1) is 17.0. The minimum absolute atomic E-state index is 0.418. The number of carbonyl (C=O) groups is 1. The molecule has 0 atom stereocenters. The van der Waals surface area contributed by atoms with Crippen molar-refractivity contribution in [1.29, 1.82) is 0 Å². The standard InChI is InChI=1S/C22H17ClO2/c1-16-2-7-18(8-3-16)19-9-13-21(14-10-19)25-22(24)15-6-17-4-11-20(23)12-5-17/h2-15H,1H3/b15-6+. The lowest BCUT2D eigenvalue weighted by Gasteiger charge is -2.05. The molecule has 0 aliphatic carbocycles. The second-order valence-electron chi connectivity index (χ2n) is 5.70. The summed E-state index contributed by atoms with van der Waals surface area (Å²) in [7, 11) is 0. The highest BCUT2D eigenvalue weighted by molar-refractivity contribution is 6.30. The Bertz CT molecular complexity index is 877. The minimum Gasteiger partial charge on any atom is -0.423 e. The first-order chi connectivity index (χ1) is 12.1. The molecule has 3 aromatic carbocycles. The summed E-state index contributed by atoms with van der Waals surface area (Å²) in [4.78, 5) is 11.9. The summed E-state index contributed by atoms with van der Waals surface area (Å²) in [5.41, 5.74) is 4.32. The third kappa shape index (κ3) is 4.82. The van der Waals surface area contributed by atoms with Crippen LogP contribution in [0.15, 0.2) is 78.9 Å². The molecule has 2 nitrogen and oxygen atoms in total. The van der Waals surface area contributed by atoms with E-state index in [9.17, 15) is 4.79 Å². The van der Waals surface area contributed by atoms with E-state index >= 15 is 0 Å². The summed E-state index contributed by atoms with van der Waals surface area (Å²) in [6.07, 6.45) is 3.09. The highest BCUT2D eigenvalue weighted by Crippen LogP contribution is 2.23. The van der Waals surface area contributed by atoms with Crippen molar-refractivity contribution in [3.63, 3.8) is 0 Å². The van der Waals surface area contributed by atoms with E-state index in [0.717, 1.165) is 16.7 Å². The van der Waals surface area contributed by atoms with Crippen molar-refractivity contribution < 1.29 is 9.53 Å². The molecule has 0 aliphatic rings. The van der Waals surface area contributed by atoms with Crippen molar-refractivity contribution in [3.8, 4) is 16.9 Å². The predicted molar refractivity (Wildman–Crippen MR) is 103 cm³/mol. The molecule has 0 amide bonds. The summed E-state index contributed by atoms with van der Waals surface area (Å²) >= 11 is 5.83. The summed E-state index contributed by atoms with van der Waals surface area (Å²) in [5.74, 6) is 0.0969. The molecular weight excluding hydrogens is 332 g/mol. The van der Waals surface area contributed by atoms with E-state index in [1.165, 1.54) is 11.6 Å². The molecule has 0 heterocycles. The van der Waals surface area contributed by atoms with E-state index in [4.69, 9.17) is 16.3 Å². The van der Waals surface area contributed by atoms with Crippen LogP contribution >= 0.6 is 11.6 Å². The van der Waals surface area contributed by atoms with Crippen LogP contribution in [0.5, 0.6) is 5.75 Å². The Morgan fingerprint density at radius 3 is 2.00 bits per heavy atom. The van der Waals surface area contributed by atoms with Gasteiger partial charge in [0.15, 0.2) is 0 Å². The highest BCUT2D eigenvalue weighted by atomic mass is 35.5. The Hall–Kier alpha value is -2.84. The molecule has 0 saturated carbocycles. The number of aryl methyl sites for hydroxylation is 1. The number of carbonyl (C=O) groups excluding carboxylic acids is 1. The van der Waals surface area contributed by atoms with Crippen LogP contribution in [0.4, 0.5) is 0 Å². The third-order valence-corrected chi connectivity index (χ3v) is 3.99. The minimum atomic E-state index is -0.418. The molecule has 0 spiro atoms. The molecule has 0 radical (unpaired) electrons. The van der Waals surface area contributed by atoms with E-state index in [1.54, 1.807) is 30.3 Å². The number of rotatable bonds is 4. The zero-order chi connectivity index (χ0) is 17.6. The number of hydrogen-bond donors (Lipinski definition) is 0. The quantitative estimate of drug-likeness (QED) is 0.331. The fourth-order valence-electron chi connectivity index (χ4n) is 2.35. The molecule has 3 aromatic rings. The Morgan fingerprint density at radius 2 is 1.40 bits per heavy atom. The van der Waals surface area contributed by atoms with Crippen LogP contribution in [0.1, 0.15) is 11.1 Å². The number of hydrogen-bond acceptors (Lipinski definition) is 2. The SMILES string of the molecule is Cc1ccc(-c2ccc(OC(=O)/C=C/c3ccc(Cl)cc3)cc2)cc1. The molecule has 0 aromatic heterocycles. The fraction of sp³-hybridized carbons (Fsp3) is 0.0455. The van der Waals surface area contributed by atoms with Gasteiger partial charge in [0.2, 0.25) is 0 Å². The van der Waals surface area contributed by atoms with Crippen molar-refractivity contribution >= 4 is 23.6 Å². The van der Waals surface area contributed by atoms with Gasteiger partial charge in [0.25, 0.3) is 0 Å². The van der Waals surface area contributed by atoms with Crippen LogP contribution in [0.3, 0.4) is 0 Å². The molecule has 0 unspecified atom stereocenters. The smallest absolute Gasteiger partial charge is 0.336 e. The molecule has 0 saturated heterocycles. The zero-order valence-corrected chi connectivity index (χ0v) is 14.5. The zero-order valence-electron chi connectivity index (χ0n) is 13.8. The van der Waals surface area contributed by atoms with Gasteiger partial charge >= 0.3 is 5.97 Å². The van der Waals surface area contributed by atoms with Gasteiger partial charge in [0.1, 0.15) is 5.75 Å². The van der Waals surface area contributed by atoms with Crippen LogP contribution in [0.2, 0.25) is 5.02 Å². The molecule has 25 heavy (non-hydrogen) atoms. The van der Waals surface area contributed by atoms with Gasteiger partial charge in [-0.2, -0.15) is 0 Å². The molecular formula is C22H17ClO2. The van der Waals surface area contributed by atoms with Crippen LogP contribution in [0.25, 0.3) is 17.2 Å². The number of halogens is 1. The maximum atomic E-state index is 11.9. The van der Waals surface area contributed by atoms with Crippen LogP contribution < -0.4 is 4.74 Å². The van der Waals surface area contributed by atoms with Gasteiger partial charge in [-0.25, -0.2) is 4.79 Å². The lowest BCUT2D eigenvalue weighted by atomic mass is 10.0. The summed E-state index contributed by atoms with van der Waals surface area (Å²) in [6, 6.07) is 23.0. The summed E-state index contributed by atoms with van der Waals surface area (Å²) in [6.45, 7) is 2.06. The van der Waals surface area contributed by atoms with Crippen LogP contribution in [-0.4, -0.2) is 5.97 Å². The van der Waals surface area contributed by atoms with Gasteiger partial charge in [-0.15, -0.1) is 0 Å². The lowest BCUT2D eigenvalue weighted by molar-refractivity contribution is -0.128. The van der Waals surface area contributed by atoms with Gasteiger partial charge in [-0.3, -0.25) is 0 Å². The predicted octanol–water partition coefficient (Wildman–Crippen LogP) is 5.93. The second-order valence-corrected chi connectivity index (χ2v) is 6.13. The van der Waals surface area contributed by atoms with E-state index in [-0.39, 0.29) is 0 Å². The van der Waals surface area contributed by atoms with Gasteiger partial charge in [0.05, 0.1) is 0 Å². The van der Waals surface area contributed by atoms with Crippen LogP contribution in [0, 0.1) is 6.92 Å². The monoisotopic (exact) mass is 348 g/mol. The molecule has 3 heteroatoms. The average Bonchev–Trinajstić information content (AvgIpc) is 2.63. The number of ether oxygens (including phenoxy) is 1. The lowest BCUT2D eigenvalue weighted by Crippen LogP contribution is -2.03. The summed E-state index contributed by atoms with van der Waals surface area (Å²) < 4.78 is 5.32. The van der Waals surface area contributed by atoms with Crippen LogP contribution in [-0.2, 0) is 4.79 Å². The van der Waals surface area contributed by atoms with Gasteiger partial charge in [-0.1, -0.05) is 65.7 Å². The van der Waals surface area contributed by atoms with Crippen molar-refractivity contribution in [2.24, 2.45) is 0 Å². The Labute approximate surface area is 152 Å². The van der Waals surface area contributed by atoms with E-state index < -0.39 is 5.97 Å². The maximum absolute atomic E-state index is 11.9. The van der Waals surface area contributed by atoms with E-state index in [0.29, 0.717) is 10.8 Å². The average molecular weight is 349 g/mol. The molecule has 0 fully saturated rings. The van der Waals surface area contributed by atoms with Crippen molar-refractivity contribution in [1.82, 2.24) is 0 Å². The third-order valence-electron chi connectivity index (χ3n) is 3.74. The second kappa shape index (κ2) is 7.82. The highest BCUT2D eigenvalue weighted by Gasteiger charge is 2.02. The first-order valence-electron chi connectivity index (χ1n) is 7.93. The van der Waals surface area contributed by atoms with Gasteiger partial charge in [0, 0.05) is 11.1 Å². The van der Waals surface area contributed by atoms with E-state index in [1.807, 2.05) is 24.3 Å². The van der Waals surface area contributed by atoms with Crippen molar-refractivity contribution in [3.05, 3.63) is 95.0 Å². The van der Waals surface area contributed by atoms with Crippen molar-refractivity contribution in [2.75, 3.05) is 0 Å². The molecule has 3 rings (SSSR count). The Kier molecular flexibility index (Phi) is 5.32. The molecule has 124 valence electrons. The normalized spacial score (nSPS) is 10.8. The number of benzene rings is 3. The molecule has 0 N–H and O–H groups in total. The Morgan fingerprint density at radius 1 is 0.840 bits per heavy atom. The van der Waals surface area contributed by atoms with Gasteiger partial charge < -0.3 is 4.74 Å².